The molecule has 2 heterocycles. The zero-order valence-corrected chi connectivity index (χ0v) is 11.7. The molecule has 0 saturated heterocycles. The van der Waals surface area contributed by atoms with Crippen molar-refractivity contribution in [2.75, 3.05) is 4.90 Å². The molecule has 4 nitrogen and oxygen atoms in total. The smallest absolute Gasteiger partial charge is 0.310 e. The molecule has 1 aromatic heterocycles. The van der Waals surface area contributed by atoms with E-state index in [4.69, 9.17) is 5.11 Å². The first-order chi connectivity index (χ1) is 9.58. The quantitative estimate of drug-likeness (QED) is 0.943. The van der Waals surface area contributed by atoms with Crippen LogP contribution in [-0.4, -0.2) is 17.0 Å². The molecule has 5 heteroatoms. The van der Waals surface area contributed by atoms with Gasteiger partial charge in [0.15, 0.2) is 0 Å². The number of anilines is 1. The van der Waals surface area contributed by atoms with Crippen LogP contribution in [0, 0.1) is 0 Å². The molecule has 1 aromatic carbocycles. The number of nitrogens with zero attached hydrogens (tertiary/aromatic N) is 1. The van der Waals surface area contributed by atoms with Crippen LogP contribution >= 0.6 is 11.3 Å². The van der Waals surface area contributed by atoms with Gasteiger partial charge in [0.1, 0.15) is 0 Å². The van der Waals surface area contributed by atoms with Crippen molar-refractivity contribution in [3.63, 3.8) is 0 Å². The van der Waals surface area contributed by atoms with Crippen molar-refractivity contribution >= 4 is 28.9 Å². The molecular formula is C15H13NO3S. The summed E-state index contributed by atoms with van der Waals surface area (Å²) in [5, 5.41) is 10.9. The van der Waals surface area contributed by atoms with Crippen molar-refractivity contribution in [1.29, 1.82) is 0 Å². The molecule has 0 bridgehead atoms. The van der Waals surface area contributed by atoms with Crippen LogP contribution < -0.4 is 4.90 Å². The topological polar surface area (TPSA) is 57.6 Å². The fraction of sp³-hybridized carbons (Fsp3) is 0.200. The Morgan fingerprint density at radius 2 is 2.00 bits per heavy atom. The molecule has 2 aromatic rings. The molecule has 0 spiro atoms. The third-order valence-electron chi connectivity index (χ3n) is 3.59. The van der Waals surface area contributed by atoms with Crippen LogP contribution in [0.15, 0.2) is 35.7 Å². The molecule has 20 heavy (non-hydrogen) atoms. The number of carboxylic acids is 1. The molecule has 1 atom stereocenters. The van der Waals surface area contributed by atoms with Crippen molar-refractivity contribution in [2.24, 2.45) is 0 Å². The fourth-order valence-electron chi connectivity index (χ4n) is 2.31. The standard InChI is InChI=1S/C15H13NO3S/c1-9(15(18)19)10-2-4-12(5-3-10)16-8-11-6-7-20-13(11)14(16)17/h2-7,9H,8H2,1H3,(H,18,19). The largest absolute Gasteiger partial charge is 0.481 e. The van der Waals surface area contributed by atoms with Gasteiger partial charge in [-0.1, -0.05) is 12.1 Å². The molecule has 102 valence electrons. The number of aliphatic carboxylic acids is 1. The van der Waals surface area contributed by atoms with Crippen molar-refractivity contribution in [3.8, 4) is 0 Å². The van der Waals surface area contributed by atoms with Crippen molar-refractivity contribution < 1.29 is 14.7 Å². The molecule has 0 aliphatic carbocycles. The van der Waals surface area contributed by atoms with Crippen LogP contribution in [0.2, 0.25) is 0 Å². The predicted molar refractivity (Wildman–Crippen MR) is 77.3 cm³/mol. The Morgan fingerprint density at radius 3 is 2.60 bits per heavy atom. The highest BCUT2D eigenvalue weighted by molar-refractivity contribution is 7.12. The number of hydrogen-bond acceptors (Lipinski definition) is 3. The van der Waals surface area contributed by atoms with E-state index in [0.29, 0.717) is 6.54 Å². The van der Waals surface area contributed by atoms with E-state index in [2.05, 4.69) is 0 Å². The summed E-state index contributed by atoms with van der Waals surface area (Å²) >= 11 is 1.46. The lowest BCUT2D eigenvalue weighted by molar-refractivity contribution is -0.138. The average Bonchev–Trinajstić information content (AvgIpc) is 3.02. The number of hydrogen-bond donors (Lipinski definition) is 1. The molecule has 1 amide bonds. The first-order valence-corrected chi connectivity index (χ1v) is 7.17. The number of thiophene rings is 1. The van der Waals surface area contributed by atoms with Crippen molar-refractivity contribution in [3.05, 3.63) is 51.7 Å². The zero-order valence-electron chi connectivity index (χ0n) is 10.9. The van der Waals surface area contributed by atoms with Gasteiger partial charge in [0.25, 0.3) is 5.91 Å². The highest BCUT2D eigenvalue weighted by atomic mass is 32.1. The molecule has 0 saturated carbocycles. The Bertz CT molecular complexity index is 675. The maximum Gasteiger partial charge on any atom is 0.310 e. The molecule has 1 N–H and O–H groups in total. The molecule has 3 rings (SSSR count). The summed E-state index contributed by atoms with van der Waals surface area (Å²) in [6, 6.07) is 9.13. The van der Waals surface area contributed by atoms with Crippen LogP contribution in [0.1, 0.15) is 33.6 Å². The maximum absolute atomic E-state index is 12.2. The van der Waals surface area contributed by atoms with Gasteiger partial charge in [-0.15, -0.1) is 11.3 Å². The highest BCUT2D eigenvalue weighted by Crippen LogP contribution is 2.32. The number of rotatable bonds is 3. The van der Waals surface area contributed by atoms with Crippen molar-refractivity contribution in [1.82, 2.24) is 0 Å². The minimum absolute atomic E-state index is 0.0223. The lowest BCUT2D eigenvalue weighted by Crippen LogP contribution is -2.22. The zero-order chi connectivity index (χ0) is 14.3. The van der Waals surface area contributed by atoms with Gasteiger partial charge in [-0.3, -0.25) is 9.59 Å². The van der Waals surface area contributed by atoms with Gasteiger partial charge in [0, 0.05) is 5.69 Å². The molecule has 1 aliphatic rings. The van der Waals surface area contributed by atoms with Crippen LogP contribution in [-0.2, 0) is 11.3 Å². The summed E-state index contributed by atoms with van der Waals surface area (Å²) < 4.78 is 0. The summed E-state index contributed by atoms with van der Waals surface area (Å²) in [7, 11) is 0. The molecule has 0 radical (unpaired) electrons. The lowest BCUT2D eigenvalue weighted by atomic mass is 10.0. The summed E-state index contributed by atoms with van der Waals surface area (Å²) in [6.07, 6.45) is 0. The molecule has 1 unspecified atom stereocenters. The highest BCUT2D eigenvalue weighted by Gasteiger charge is 2.29. The van der Waals surface area contributed by atoms with E-state index >= 15 is 0 Å². The van der Waals surface area contributed by atoms with E-state index in [-0.39, 0.29) is 5.91 Å². The van der Waals surface area contributed by atoms with E-state index in [0.717, 1.165) is 21.7 Å². The summed E-state index contributed by atoms with van der Waals surface area (Å²) in [4.78, 5) is 25.7. The Hall–Kier alpha value is -2.14. The van der Waals surface area contributed by atoms with Crippen LogP contribution in [0.4, 0.5) is 5.69 Å². The number of fused-ring (bicyclic) bond motifs is 1. The van der Waals surface area contributed by atoms with Crippen LogP contribution in [0.3, 0.4) is 0 Å². The fourth-order valence-corrected chi connectivity index (χ4v) is 3.17. The first-order valence-electron chi connectivity index (χ1n) is 6.29. The average molecular weight is 287 g/mol. The van der Waals surface area contributed by atoms with Gasteiger partial charge >= 0.3 is 5.97 Å². The monoisotopic (exact) mass is 287 g/mol. The Morgan fingerprint density at radius 1 is 1.30 bits per heavy atom. The Balaban J connectivity index is 1.85. The van der Waals surface area contributed by atoms with Gasteiger partial charge in [0.05, 0.1) is 17.3 Å². The SMILES string of the molecule is CC(C(=O)O)c1ccc(N2Cc3ccsc3C2=O)cc1. The maximum atomic E-state index is 12.2. The van der Waals surface area contributed by atoms with Crippen molar-refractivity contribution in [2.45, 2.75) is 19.4 Å². The Kier molecular flexibility index (Phi) is 3.06. The molecule has 0 fully saturated rings. The minimum Gasteiger partial charge on any atom is -0.481 e. The lowest BCUT2D eigenvalue weighted by Gasteiger charge is -2.17. The molecule has 1 aliphatic heterocycles. The summed E-state index contributed by atoms with van der Waals surface area (Å²) in [6.45, 7) is 2.24. The van der Waals surface area contributed by atoms with Gasteiger partial charge < -0.3 is 10.0 Å². The second-order valence-electron chi connectivity index (χ2n) is 4.82. The van der Waals surface area contributed by atoms with Gasteiger partial charge in [-0.05, 0) is 41.6 Å². The summed E-state index contributed by atoms with van der Waals surface area (Å²) in [5.41, 5.74) is 2.60. The number of amides is 1. The van der Waals surface area contributed by atoms with E-state index in [1.165, 1.54) is 11.3 Å². The third-order valence-corrected chi connectivity index (χ3v) is 4.53. The third kappa shape index (κ3) is 2.00. The van der Waals surface area contributed by atoms with E-state index < -0.39 is 11.9 Å². The van der Waals surface area contributed by atoms with Crippen LogP contribution in [0.25, 0.3) is 0 Å². The van der Waals surface area contributed by atoms with Gasteiger partial charge in [0.2, 0.25) is 0 Å². The van der Waals surface area contributed by atoms with Crippen LogP contribution in [0.5, 0.6) is 0 Å². The van der Waals surface area contributed by atoms with E-state index in [1.54, 1.807) is 24.0 Å². The number of carbonyl (C=O) groups excluding carboxylic acids is 1. The normalized spacial score (nSPS) is 15.2. The summed E-state index contributed by atoms with van der Waals surface area (Å²) in [5.74, 6) is -1.37. The Labute approximate surface area is 120 Å². The number of benzene rings is 1. The second-order valence-corrected chi connectivity index (χ2v) is 5.73. The predicted octanol–water partition coefficient (Wildman–Crippen LogP) is 3.10. The number of carbonyl (C=O) groups is 2. The second kappa shape index (κ2) is 4.76. The van der Waals surface area contributed by atoms with E-state index in [9.17, 15) is 9.59 Å². The van der Waals surface area contributed by atoms with Gasteiger partial charge in [-0.25, -0.2) is 0 Å². The van der Waals surface area contributed by atoms with Gasteiger partial charge in [-0.2, -0.15) is 0 Å². The number of carboxylic acid groups (broad SMARTS) is 1. The first kappa shape index (κ1) is 12.9. The minimum atomic E-state index is -0.850. The van der Waals surface area contributed by atoms with E-state index in [1.807, 2.05) is 23.6 Å². The molecular weight excluding hydrogens is 274 g/mol.